The van der Waals surface area contributed by atoms with Gasteiger partial charge in [-0.25, -0.2) is 9.69 Å². The Morgan fingerprint density at radius 1 is 1.18 bits per heavy atom. The van der Waals surface area contributed by atoms with Crippen LogP contribution < -0.4 is 0 Å². The average molecular weight is 389 g/mol. The maximum absolute atomic E-state index is 12.9. The van der Waals surface area contributed by atoms with Crippen LogP contribution in [0, 0.1) is 13.8 Å². The second-order valence-electron chi connectivity index (χ2n) is 7.67. The van der Waals surface area contributed by atoms with Crippen molar-refractivity contribution in [2.75, 3.05) is 20.3 Å². The second-order valence-corrected chi connectivity index (χ2v) is 7.67. The van der Waals surface area contributed by atoms with Crippen LogP contribution in [0.1, 0.15) is 60.4 Å². The number of methoxy groups -OCH3 is 1. The minimum Gasteiger partial charge on any atom is -0.383 e. The van der Waals surface area contributed by atoms with Crippen LogP contribution >= 0.6 is 0 Å². The van der Waals surface area contributed by atoms with Gasteiger partial charge in [-0.15, -0.1) is 0 Å². The Bertz CT molecular complexity index is 822. The number of hydrogen-bond acceptors (Lipinski definition) is 5. The SMILES string of the molecule is COC[C@@H](C)n1c(C)cc(C(=O)CN2C(=O)C(=O)N(C3CCCC3)C2=O)c1C. The number of urea groups is 1. The van der Waals surface area contributed by atoms with Gasteiger partial charge in [-0.3, -0.25) is 19.3 Å². The summed E-state index contributed by atoms with van der Waals surface area (Å²) in [7, 11) is 1.62. The van der Waals surface area contributed by atoms with E-state index in [0.29, 0.717) is 25.0 Å². The Balaban J connectivity index is 1.79. The Labute approximate surface area is 164 Å². The van der Waals surface area contributed by atoms with E-state index in [9.17, 15) is 19.2 Å². The van der Waals surface area contributed by atoms with Crippen LogP contribution in [-0.4, -0.2) is 64.3 Å². The number of carbonyl (C=O) groups excluding carboxylic acids is 4. The zero-order chi connectivity index (χ0) is 20.6. The van der Waals surface area contributed by atoms with E-state index >= 15 is 0 Å². The fourth-order valence-electron chi connectivity index (χ4n) is 4.43. The highest BCUT2D eigenvalue weighted by Crippen LogP contribution is 2.28. The fraction of sp³-hybridized carbons (Fsp3) is 0.600. The van der Waals surface area contributed by atoms with Crippen molar-refractivity contribution in [2.24, 2.45) is 0 Å². The molecule has 0 N–H and O–H groups in total. The van der Waals surface area contributed by atoms with Crippen molar-refractivity contribution >= 4 is 23.6 Å². The highest BCUT2D eigenvalue weighted by molar-refractivity contribution is 6.45. The van der Waals surface area contributed by atoms with Gasteiger partial charge in [0.15, 0.2) is 5.78 Å². The summed E-state index contributed by atoms with van der Waals surface area (Å²) in [5, 5.41) is 0. The summed E-state index contributed by atoms with van der Waals surface area (Å²) in [4.78, 5) is 52.0. The molecule has 1 atom stereocenters. The molecule has 0 bridgehead atoms. The van der Waals surface area contributed by atoms with Gasteiger partial charge in [0.05, 0.1) is 19.2 Å². The molecule has 2 heterocycles. The Morgan fingerprint density at radius 2 is 1.82 bits per heavy atom. The minimum atomic E-state index is -0.910. The van der Waals surface area contributed by atoms with Gasteiger partial charge in [0.25, 0.3) is 0 Å². The number of nitrogens with zero attached hydrogens (tertiary/aromatic N) is 3. The van der Waals surface area contributed by atoms with E-state index in [4.69, 9.17) is 4.74 Å². The van der Waals surface area contributed by atoms with E-state index in [1.165, 1.54) is 0 Å². The number of aromatic nitrogens is 1. The highest BCUT2D eigenvalue weighted by Gasteiger charge is 2.48. The van der Waals surface area contributed by atoms with Gasteiger partial charge in [0, 0.05) is 30.1 Å². The monoisotopic (exact) mass is 389 g/mol. The largest absolute Gasteiger partial charge is 0.383 e. The molecule has 0 unspecified atom stereocenters. The third-order valence-electron chi connectivity index (χ3n) is 5.71. The van der Waals surface area contributed by atoms with Crippen molar-refractivity contribution in [1.82, 2.24) is 14.4 Å². The Kier molecular flexibility index (Phi) is 5.69. The quantitative estimate of drug-likeness (QED) is 0.405. The average Bonchev–Trinajstić information content (AvgIpc) is 3.31. The molecule has 28 heavy (non-hydrogen) atoms. The van der Waals surface area contributed by atoms with E-state index in [0.717, 1.165) is 34.0 Å². The molecule has 8 heteroatoms. The lowest BCUT2D eigenvalue weighted by molar-refractivity contribution is -0.143. The topological polar surface area (TPSA) is 88.9 Å². The first-order chi connectivity index (χ1) is 13.3. The van der Waals surface area contributed by atoms with E-state index in [1.807, 2.05) is 25.3 Å². The van der Waals surface area contributed by atoms with E-state index < -0.39 is 24.4 Å². The summed E-state index contributed by atoms with van der Waals surface area (Å²) in [6, 6.07) is 0.896. The molecule has 152 valence electrons. The molecule has 1 saturated carbocycles. The van der Waals surface area contributed by atoms with Crippen molar-refractivity contribution in [3.63, 3.8) is 0 Å². The Morgan fingerprint density at radius 3 is 2.43 bits per heavy atom. The van der Waals surface area contributed by atoms with Gasteiger partial charge in [0.1, 0.15) is 0 Å². The number of ether oxygens (including phenoxy) is 1. The van der Waals surface area contributed by atoms with Gasteiger partial charge >= 0.3 is 17.8 Å². The summed E-state index contributed by atoms with van der Waals surface area (Å²) < 4.78 is 7.20. The van der Waals surface area contributed by atoms with Gasteiger partial charge in [-0.1, -0.05) is 12.8 Å². The van der Waals surface area contributed by atoms with Gasteiger partial charge in [0.2, 0.25) is 0 Å². The lowest BCUT2D eigenvalue weighted by Crippen LogP contribution is -2.41. The maximum Gasteiger partial charge on any atom is 0.334 e. The molecule has 0 spiro atoms. The fourth-order valence-corrected chi connectivity index (χ4v) is 4.43. The summed E-state index contributed by atoms with van der Waals surface area (Å²) in [6.45, 7) is 5.79. The lowest BCUT2D eigenvalue weighted by atomic mass is 10.1. The van der Waals surface area contributed by atoms with Gasteiger partial charge in [-0.2, -0.15) is 0 Å². The molecule has 1 saturated heterocycles. The lowest BCUT2D eigenvalue weighted by Gasteiger charge is -2.21. The van der Waals surface area contributed by atoms with Crippen LogP contribution in [0.25, 0.3) is 0 Å². The molecule has 1 aliphatic carbocycles. The van der Waals surface area contributed by atoms with Gasteiger partial charge in [-0.05, 0) is 39.7 Å². The van der Waals surface area contributed by atoms with Crippen LogP contribution in [0.3, 0.4) is 0 Å². The van der Waals surface area contributed by atoms with E-state index in [2.05, 4.69) is 0 Å². The summed E-state index contributed by atoms with van der Waals surface area (Å²) in [5.74, 6) is -2.08. The molecule has 8 nitrogen and oxygen atoms in total. The number of ketones is 1. The molecule has 1 aromatic heterocycles. The van der Waals surface area contributed by atoms with Crippen LogP contribution in [0.15, 0.2) is 6.07 Å². The predicted octanol–water partition coefficient (Wildman–Crippen LogP) is 2.23. The second kappa shape index (κ2) is 7.87. The molecule has 4 amide bonds. The molecule has 1 aliphatic heterocycles. The van der Waals surface area contributed by atoms with Crippen molar-refractivity contribution in [1.29, 1.82) is 0 Å². The normalized spacial score (nSPS) is 19.2. The molecular formula is C20H27N3O5. The molecule has 0 radical (unpaired) electrons. The molecule has 2 fully saturated rings. The number of amides is 4. The van der Waals surface area contributed by atoms with Crippen molar-refractivity contribution in [3.8, 4) is 0 Å². The van der Waals surface area contributed by atoms with Crippen molar-refractivity contribution in [3.05, 3.63) is 23.0 Å². The number of carbonyl (C=O) groups is 4. The van der Waals surface area contributed by atoms with E-state index in [-0.39, 0.29) is 17.9 Å². The number of imide groups is 2. The maximum atomic E-state index is 12.9. The van der Waals surface area contributed by atoms with Crippen LogP contribution in [0.5, 0.6) is 0 Å². The first-order valence-corrected chi connectivity index (χ1v) is 9.67. The number of Topliss-reactive ketones (excluding diaryl/α,β-unsaturated/α-hetero) is 1. The third kappa shape index (κ3) is 3.37. The zero-order valence-electron chi connectivity index (χ0n) is 16.9. The summed E-state index contributed by atoms with van der Waals surface area (Å²) >= 11 is 0. The standard InChI is InChI=1S/C20H27N3O5/c1-12-9-16(14(3)22(12)13(2)11-28-4)17(24)10-21-18(25)19(26)23(20(21)27)15-7-5-6-8-15/h9,13,15H,5-8,10-11H2,1-4H3/t13-/m1/s1. The number of rotatable bonds is 7. The Hall–Kier alpha value is -2.48. The molecule has 1 aromatic rings. The molecule has 0 aromatic carbocycles. The van der Waals surface area contributed by atoms with Crippen molar-refractivity contribution < 1.29 is 23.9 Å². The first kappa shape index (κ1) is 20.3. The predicted molar refractivity (Wildman–Crippen MR) is 101 cm³/mol. The third-order valence-corrected chi connectivity index (χ3v) is 5.71. The van der Waals surface area contributed by atoms with E-state index in [1.54, 1.807) is 13.2 Å². The van der Waals surface area contributed by atoms with Crippen LogP contribution in [0.4, 0.5) is 4.79 Å². The number of aryl methyl sites for hydroxylation is 1. The number of hydrogen-bond donors (Lipinski definition) is 0. The smallest absolute Gasteiger partial charge is 0.334 e. The first-order valence-electron chi connectivity index (χ1n) is 9.67. The van der Waals surface area contributed by atoms with Crippen LogP contribution in [-0.2, 0) is 14.3 Å². The highest BCUT2D eigenvalue weighted by atomic mass is 16.5. The van der Waals surface area contributed by atoms with Crippen LogP contribution in [0.2, 0.25) is 0 Å². The minimum absolute atomic E-state index is 0.0426. The molecule has 2 aliphatic rings. The van der Waals surface area contributed by atoms with Gasteiger partial charge < -0.3 is 9.30 Å². The molecular weight excluding hydrogens is 362 g/mol. The summed E-state index contributed by atoms with van der Waals surface area (Å²) in [6.07, 6.45) is 3.29. The molecule has 3 rings (SSSR count). The van der Waals surface area contributed by atoms with Crippen molar-refractivity contribution in [2.45, 2.75) is 58.5 Å². The summed E-state index contributed by atoms with van der Waals surface area (Å²) in [5.41, 5.74) is 2.10. The zero-order valence-corrected chi connectivity index (χ0v) is 16.9.